The Balaban J connectivity index is 1.27. The van der Waals surface area contributed by atoms with E-state index in [1.54, 1.807) is 6.21 Å². The molecule has 0 atom stereocenters. The Labute approximate surface area is 348 Å². The van der Waals surface area contributed by atoms with E-state index >= 15 is 0 Å². The van der Waals surface area contributed by atoms with Crippen molar-refractivity contribution in [3.05, 3.63) is 35.9 Å². The van der Waals surface area contributed by atoms with Crippen LogP contribution in [0.15, 0.2) is 46.0 Å². The second kappa shape index (κ2) is 37.0. The van der Waals surface area contributed by atoms with E-state index in [0.29, 0.717) is 91.0 Å². The summed E-state index contributed by atoms with van der Waals surface area (Å²) in [5.41, 5.74) is 0.499. The van der Waals surface area contributed by atoms with Gasteiger partial charge in [0.15, 0.2) is 11.6 Å². The molecule has 2 heterocycles. The molecular formula is C40H69F3N6O10. The highest BCUT2D eigenvalue weighted by Gasteiger charge is 2.17. The lowest BCUT2D eigenvalue weighted by molar-refractivity contribution is -0.140. The molecule has 2 aliphatic heterocycles. The Morgan fingerprint density at radius 1 is 0.644 bits per heavy atom. The van der Waals surface area contributed by atoms with Crippen molar-refractivity contribution in [3.63, 3.8) is 0 Å². The number of halogens is 3. The average Bonchev–Trinajstić information content (AvgIpc) is 3.77. The number of nitrogens with zero attached hydrogens (tertiary/aromatic N) is 5. The number of ether oxygens (including phenoxy) is 9. The van der Waals surface area contributed by atoms with Crippen molar-refractivity contribution in [2.45, 2.75) is 32.6 Å². The first-order chi connectivity index (χ1) is 28.9. The van der Waals surface area contributed by atoms with E-state index in [2.05, 4.69) is 29.5 Å². The monoisotopic (exact) mass is 851 g/mol. The molecule has 16 nitrogen and oxygen atoms in total. The van der Waals surface area contributed by atoms with Crippen LogP contribution in [0.4, 0.5) is 13.2 Å². The SMILES string of the molecule is C\C=C(F)/C=C(F)\C(=C\F)OC(=O)CCOCCOCCOCCOCCN=CC(COCCOCCOCCOCCN1CCN(CCCN2CCCC2)CC1)=NN. The van der Waals surface area contributed by atoms with Crippen molar-refractivity contribution in [2.24, 2.45) is 15.9 Å². The van der Waals surface area contributed by atoms with Gasteiger partial charge in [0.1, 0.15) is 17.9 Å². The fourth-order valence-corrected chi connectivity index (χ4v) is 5.68. The topological polar surface area (TPSA) is 161 Å². The van der Waals surface area contributed by atoms with Crippen LogP contribution in [0.25, 0.3) is 0 Å². The van der Waals surface area contributed by atoms with E-state index in [4.69, 9.17) is 43.7 Å². The largest absolute Gasteiger partial charge is 0.421 e. The Morgan fingerprint density at radius 3 is 1.64 bits per heavy atom. The van der Waals surface area contributed by atoms with Crippen molar-refractivity contribution in [3.8, 4) is 0 Å². The summed E-state index contributed by atoms with van der Waals surface area (Å²) in [6, 6.07) is 0. The summed E-state index contributed by atoms with van der Waals surface area (Å²) < 4.78 is 88.0. The summed E-state index contributed by atoms with van der Waals surface area (Å²) in [5.74, 6) is 1.20. The molecule has 0 aliphatic carbocycles. The van der Waals surface area contributed by atoms with Gasteiger partial charge >= 0.3 is 5.97 Å². The summed E-state index contributed by atoms with van der Waals surface area (Å²) in [5, 5.41) is 3.69. The molecule has 2 saturated heterocycles. The maximum absolute atomic E-state index is 13.7. The molecule has 0 amide bonds. The summed E-state index contributed by atoms with van der Waals surface area (Å²) in [4.78, 5) is 23.6. The summed E-state index contributed by atoms with van der Waals surface area (Å²) >= 11 is 0. The van der Waals surface area contributed by atoms with Gasteiger partial charge in [-0.25, -0.2) is 13.2 Å². The lowest BCUT2D eigenvalue weighted by atomic mass is 10.3. The molecule has 2 rings (SSSR count). The molecule has 0 aromatic rings. The molecule has 0 unspecified atom stereocenters. The first kappa shape index (κ1) is 52.3. The molecule has 19 heteroatoms. The zero-order valence-corrected chi connectivity index (χ0v) is 35.1. The predicted molar refractivity (Wildman–Crippen MR) is 219 cm³/mol. The lowest BCUT2D eigenvalue weighted by Gasteiger charge is -2.34. The van der Waals surface area contributed by atoms with Crippen LogP contribution in [0.2, 0.25) is 0 Å². The fourth-order valence-electron chi connectivity index (χ4n) is 5.68. The Hall–Kier alpha value is -2.82. The van der Waals surface area contributed by atoms with Crippen molar-refractivity contribution >= 4 is 17.9 Å². The van der Waals surface area contributed by atoms with Gasteiger partial charge in [0, 0.05) is 45.0 Å². The van der Waals surface area contributed by atoms with Gasteiger partial charge in [-0.1, -0.05) is 6.08 Å². The number of piperazine rings is 1. The zero-order valence-electron chi connectivity index (χ0n) is 35.1. The number of allylic oxidation sites excluding steroid dienone is 4. The first-order valence-electron chi connectivity index (χ1n) is 20.7. The molecule has 2 fully saturated rings. The minimum absolute atomic E-state index is 0.0515. The molecule has 0 saturated carbocycles. The molecule has 2 N–H and O–H groups in total. The standard InChI is InChI=1S/C40H69F3N6O10/c1-2-36(42)32-38(43)39(33-41)59-40(50)6-17-51-20-23-54-26-27-55-24-21-52-18-7-45-34-37(46-44)35-58-31-30-57-29-28-56-25-22-53-19-16-49-14-12-48(13-15-49)11-5-10-47-8-3-4-9-47/h2,32-34H,3-31,35,44H2,1H3/b36-2+,38-32+,39-33-,45-34?,46-37?. The molecule has 0 aromatic carbocycles. The van der Waals surface area contributed by atoms with Crippen LogP contribution in [-0.4, -0.2) is 204 Å². The Kier molecular flexibility index (Phi) is 32.8. The van der Waals surface area contributed by atoms with E-state index in [1.165, 1.54) is 52.4 Å². The molecular weight excluding hydrogens is 781 g/mol. The van der Waals surface area contributed by atoms with Crippen molar-refractivity contribution in [1.82, 2.24) is 14.7 Å². The van der Waals surface area contributed by atoms with Crippen LogP contribution in [-0.2, 0) is 47.4 Å². The number of nitrogens with two attached hydrogens (primary N) is 1. The lowest BCUT2D eigenvalue weighted by Crippen LogP contribution is -2.47. The fraction of sp³-hybridized carbons (Fsp3) is 0.775. The van der Waals surface area contributed by atoms with E-state index in [9.17, 15) is 18.0 Å². The third-order valence-electron chi connectivity index (χ3n) is 8.97. The smallest absolute Gasteiger partial charge is 0.313 e. The predicted octanol–water partition coefficient (Wildman–Crippen LogP) is 3.08. The van der Waals surface area contributed by atoms with Crippen LogP contribution < -0.4 is 5.84 Å². The molecule has 0 radical (unpaired) electrons. The van der Waals surface area contributed by atoms with Gasteiger partial charge in [0.05, 0.1) is 119 Å². The van der Waals surface area contributed by atoms with Gasteiger partial charge in [-0.3, -0.25) is 14.7 Å². The second-order valence-corrected chi connectivity index (χ2v) is 13.4. The van der Waals surface area contributed by atoms with Gasteiger partial charge in [0.2, 0.25) is 0 Å². The third kappa shape index (κ3) is 29.1. The highest BCUT2D eigenvalue weighted by Crippen LogP contribution is 2.17. The molecule has 0 spiro atoms. The third-order valence-corrected chi connectivity index (χ3v) is 8.97. The van der Waals surface area contributed by atoms with Crippen LogP contribution in [0, 0.1) is 0 Å². The van der Waals surface area contributed by atoms with E-state index in [1.807, 2.05) is 0 Å². The quantitative estimate of drug-likeness (QED) is 0.0185. The number of esters is 1. The molecule has 2 aliphatic rings. The number of rotatable bonds is 37. The van der Waals surface area contributed by atoms with Crippen LogP contribution in [0.1, 0.15) is 32.6 Å². The molecule has 340 valence electrons. The second-order valence-electron chi connectivity index (χ2n) is 13.4. The number of hydrogen-bond donors (Lipinski definition) is 1. The zero-order chi connectivity index (χ0) is 42.4. The van der Waals surface area contributed by atoms with Gasteiger partial charge in [0.25, 0.3) is 0 Å². The Morgan fingerprint density at radius 2 is 1.12 bits per heavy atom. The number of hydrazone groups is 1. The van der Waals surface area contributed by atoms with E-state index in [0.717, 1.165) is 45.4 Å². The maximum Gasteiger partial charge on any atom is 0.313 e. The van der Waals surface area contributed by atoms with Crippen molar-refractivity contribution in [1.29, 1.82) is 0 Å². The Bertz CT molecular complexity index is 1220. The normalized spacial score (nSPS) is 16.9. The number of aliphatic imine (C=N–C) groups is 1. The van der Waals surface area contributed by atoms with Crippen LogP contribution >= 0.6 is 0 Å². The molecule has 59 heavy (non-hydrogen) atoms. The highest BCUT2D eigenvalue weighted by molar-refractivity contribution is 6.31. The van der Waals surface area contributed by atoms with Gasteiger partial charge in [-0.15, -0.1) is 0 Å². The number of hydrogen-bond acceptors (Lipinski definition) is 16. The number of likely N-dealkylation sites (tertiary alicyclic amines) is 1. The minimum Gasteiger partial charge on any atom is -0.421 e. The van der Waals surface area contributed by atoms with Gasteiger partial charge in [-0.05, 0) is 52.4 Å². The number of carbonyl (C=O) groups is 1. The summed E-state index contributed by atoms with van der Waals surface area (Å²) in [7, 11) is 0. The molecule has 0 bridgehead atoms. The minimum atomic E-state index is -1.35. The molecule has 0 aromatic heterocycles. The summed E-state index contributed by atoms with van der Waals surface area (Å²) in [6.07, 6.45) is 6.43. The maximum atomic E-state index is 13.7. The van der Waals surface area contributed by atoms with E-state index < -0.39 is 23.4 Å². The van der Waals surface area contributed by atoms with Crippen molar-refractivity contribution < 1.29 is 60.6 Å². The highest BCUT2D eigenvalue weighted by atomic mass is 19.1. The first-order valence-corrected chi connectivity index (χ1v) is 20.7. The van der Waals surface area contributed by atoms with Gasteiger partial charge in [-0.2, -0.15) is 5.10 Å². The van der Waals surface area contributed by atoms with Crippen molar-refractivity contribution in [2.75, 3.05) is 171 Å². The van der Waals surface area contributed by atoms with E-state index in [-0.39, 0.29) is 39.2 Å². The summed E-state index contributed by atoms with van der Waals surface area (Å²) in [6.45, 7) is 18.3. The average molecular weight is 851 g/mol. The van der Waals surface area contributed by atoms with Crippen LogP contribution in [0.3, 0.4) is 0 Å². The van der Waals surface area contributed by atoms with Gasteiger partial charge < -0.3 is 58.3 Å². The van der Waals surface area contributed by atoms with Crippen LogP contribution in [0.5, 0.6) is 0 Å². The number of carbonyl (C=O) groups excluding carboxylic acids is 1.